The summed E-state index contributed by atoms with van der Waals surface area (Å²) in [5, 5.41) is 0.699. The summed E-state index contributed by atoms with van der Waals surface area (Å²) in [7, 11) is 1.83. The van der Waals surface area contributed by atoms with Gasteiger partial charge < -0.3 is 0 Å². The molecule has 102 valence electrons. The minimum Gasteiger partial charge on any atom is -0.296 e. The minimum absolute atomic E-state index is 0.196. The monoisotopic (exact) mass is 323 g/mol. The molecule has 0 radical (unpaired) electrons. The SMILES string of the molecule is CN(Cc1ccccc1C(F)(F)F)C(C)(C)CBr. The predicted octanol–water partition coefficient (Wildman–Crippen LogP) is 4.31. The molecule has 5 heteroatoms. The zero-order chi connectivity index (χ0) is 14.0. The summed E-state index contributed by atoms with van der Waals surface area (Å²) in [6, 6.07) is 5.72. The van der Waals surface area contributed by atoms with Gasteiger partial charge in [-0.05, 0) is 32.5 Å². The summed E-state index contributed by atoms with van der Waals surface area (Å²) in [5.41, 5.74) is -0.442. The van der Waals surface area contributed by atoms with E-state index in [9.17, 15) is 13.2 Å². The minimum atomic E-state index is -4.30. The average molecular weight is 324 g/mol. The van der Waals surface area contributed by atoms with Crippen LogP contribution in [0.2, 0.25) is 0 Å². The maximum atomic E-state index is 12.8. The third-order valence-electron chi connectivity index (χ3n) is 3.09. The normalized spacial score (nSPS) is 13.1. The van der Waals surface area contributed by atoms with Gasteiger partial charge in [-0.3, -0.25) is 4.90 Å². The molecule has 0 aromatic heterocycles. The topological polar surface area (TPSA) is 3.24 Å². The third-order valence-corrected chi connectivity index (χ3v) is 4.46. The highest BCUT2D eigenvalue weighted by Gasteiger charge is 2.34. The fraction of sp³-hybridized carbons (Fsp3) is 0.538. The van der Waals surface area contributed by atoms with E-state index in [0.29, 0.717) is 10.9 Å². The molecule has 0 saturated carbocycles. The van der Waals surface area contributed by atoms with Crippen molar-refractivity contribution in [2.75, 3.05) is 12.4 Å². The maximum absolute atomic E-state index is 12.8. The van der Waals surface area contributed by atoms with Crippen molar-refractivity contribution < 1.29 is 13.2 Å². The van der Waals surface area contributed by atoms with E-state index in [-0.39, 0.29) is 12.1 Å². The van der Waals surface area contributed by atoms with Gasteiger partial charge >= 0.3 is 6.18 Å². The van der Waals surface area contributed by atoms with E-state index >= 15 is 0 Å². The van der Waals surface area contributed by atoms with Crippen LogP contribution in [0.25, 0.3) is 0 Å². The Morgan fingerprint density at radius 3 is 2.22 bits per heavy atom. The largest absolute Gasteiger partial charge is 0.416 e. The number of alkyl halides is 4. The lowest BCUT2D eigenvalue weighted by atomic mass is 10.0. The van der Waals surface area contributed by atoms with Crippen molar-refractivity contribution in [3.05, 3.63) is 35.4 Å². The molecule has 0 fully saturated rings. The van der Waals surface area contributed by atoms with Crippen LogP contribution >= 0.6 is 15.9 Å². The molecule has 0 aliphatic carbocycles. The van der Waals surface area contributed by atoms with Crippen LogP contribution in [0.4, 0.5) is 13.2 Å². The summed E-state index contributed by atoms with van der Waals surface area (Å²) >= 11 is 3.38. The molecule has 0 saturated heterocycles. The predicted molar refractivity (Wildman–Crippen MR) is 70.8 cm³/mol. The second kappa shape index (κ2) is 5.61. The molecule has 0 atom stereocenters. The number of benzene rings is 1. The highest BCUT2D eigenvalue weighted by Crippen LogP contribution is 2.33. The van der Waals surface area contributed by atoms with Crippen LogP contribution in [-0.4, -0.2) is 22.8 Å². The Kier molecular flexibility index (Phi) is 4.84. The van der Waals surface area contributed by atoms with E-state index in [1.165, 1.54) is 12.1 Å². The standard InChI is InChI=1S/C13H17BrF3N/c1-12(2,9-14)18(3)8-10-6-4-5-7-11(10)13(15,16)17/h4-7H,8-9H2,1-3H3. The van der Waals surface area contributed by atoms with Gasteiger partial charge in [0.05, 0.1) is 5.56 Å². The molecule has 0 N–H and O–H groups in total. The van der Waals surface area contributed by atoms with Crippen LogP contribution in [0.5, 0.6) is 0 Å². The smallest absolute Gasteiger partial charge is 0.296 e. The van der Waals surface area contributed by atoms with Crippen LogP contribution < -0.4 is 0 Å². The summed E-state index contributed by atoms with van der Waals surface area (Å²) in [4.78, 5) is 1.91. The van der Waals surface area contributed by atoms with Gasteiger partial charge in [-0.1, -0.05) is 34.1 Å². The molecule has 0 amide bonds. The summed E-state index contributed by atoms with van der Waals surface area (Å²) in [6.07, 6.45) is -4.30. The molecule has 1 aromatic rings. The average Bonchev–Trinajstić information content (AvgIpc) is 2.28. The zero-order valence-electron chi connectivity index (χ0n) is 10.7. The van der Waals surface area contributed by atoms with Crippen molar-refractivity contribution in [1.29, 1.82) is 0 Å². The lowest BCUT2D eigenvalue weighted by Crippen LogP contribution is -2.42. The Morgan fingerprint density at radius 2 is 1.72 bits per heavy atom. The number of hydrogen-bond donors (Lipinski definition) is 0. The Bertz CT molecular complexity index is 401. The Balaban J connectivity index is 2.99. The molecule has 1 aromatic carbocycles. The van der Waals surface area contributed by atoms with Crippen molar-refractivity contribution >= 4 is 15.9 Å². The first-order valence-corrected chi connectivity index (χ1v) is 6.73. The van der Waals surface area contributed by atoms with E-state index in [1.54, 1.807) is 6.07 Å². The first-order chi connectivity index (χ1) is 8.18. The summed E-state index contributed by atoms with van der Waals surface area (Å²) in [5.74, 6) is 0. The molecule has 0 unspecified atom stereocenters. The van der Waals surface area contributed by atoms with Crippen LogP contribution in [0.15, 0.2) is 24.3 Å². The Hall–Kier alpha value is -0.550. The van der Waals surface area contributed by atoms with Gasteiger partial charge in [0.25, 0.3) is 0 Å². The van der Waals surface area contributed by atoms with Crippen LogP contribution in [0, 0.1) is 0 Å². The van der Waals surface area contributed by atoms with Gasteiger partial charge in [-0.25, -0.2) is 0 Å². The van der Waals surface area contributed by atoms with Gasteiger partial charge in [0.1, 0.15) is 0 Å². The molecular weight excluding hydrogens is 307 g/mol. The van der Waals surface area contributed by atoms with Gasteiger partial charge in [-0.2, -0.15) is 13.2 Å². The maximum Gasteiger partial charge on any atom is 0.416 e. The van der Waals surface area contributed by atoms with E-state index in [2.05, 4.69) is 15.9 Å². The molecule has 1 nitrogen and oxygen atoms in total. The van der Waals surface area contributed by atoms with Gasteiger partial charge in [0, 0.05) is 17.4 Å². The Morgan fingerprint density at radius 1 is 1.17 bits per heavy atom. The fourth-order valence-electron chi connectivity index (χ4n) is 1.51. The summed E-state index contributed by atoms with van der Waals surface area (Å²) < 4.78 is 38.5. The van der Waals surface area contributed by atoms with Crippen molar-refractivity contribution in [1.82, 2.24) is 4.90 Å². The first-order valence-electron chi connectivity index (χ1n) is 5.61. The molecule has 0 aliphatic heterocycles. The van der Waals surface area contributed by atoms with Crippen LogP contribution in [0.1, 0.15) is 25.0 Å². The van der Waals surface area contributed by atoms with E-state index in [4.69, 9.17) is 0 Å². The van der Waals surface area contributed by atoms with Crippen molar-refractivity contribution in [3.63, 3.8) is 0 Å². The number of halogens is 4. The van der Waals surface area contributed by atoms with E-state index in [0.717, 1.165) is 6.07 Å². The highest BCUT2D eigenvalue weighted by atomic mass is 79.9. The molecule has 0 heterocycles. The molecule has 0 spiro atoms. The van der Waals surface area contributed by atoms with Crippen LogP contribution in [0.3, 0.4) is 0 Å². The zero-order valence-corrected chi connectivity index (χ0v) is 12.3. The number of nitrogens with zero attached hydrogens (tertiary/aromatic N) is 1. The molecule has 1 rings (SSSR count). The van der Waals surface area contributed by atoms with E-state index < -0.39 is 11.7 Å². The fourth-order valence-corrected chi connectivity index (χ4v) is 1.93. The lowest BCUT2D eigenvalue weighted by Gasteiger charge is -2.34. The molecule has 0 aliphatic rings. The number of hydrogen-bond acceptors (Lipinski definition) is 1. The highest BCUT2D eigenvalue weighted by molar-refractivity contribution is 9.09. The van der Waals surface area contributed by atoms with E-state index in [1.807, 2.05) is 25.8 Å². The van der Waals surface area contributed by atoms with Gasteiger partial charge in [0.15, 0.2) is 0 Å². The molecule has 0 bridgehead atoms. The summed E-state index contributed by atoms with van der Waals surface area (Å²) in [6.45, 7) is 4.24. The third kappa shape index (κ3) is 3.72. The quantitative estimate of drug-likeness (QED) is 0.746. The van der Waals surface area contributed by atoms with Gasteiger partial charge in [-0.15, -0.1) is 0 Å². The first kappa shape index (κ1) is 15.5. The van der Waals surface area contributed by atoms with Crippen molar-refractivity contribution in [2.24, 2.45) is 0 Å². The molecular formula is C13H17BrF3N. The lowest BCUT2D eigenvalue weighted by molar-refractivity contribution is -0.138. The second-order valence-corrected chi connectivity index (χ2v) is 5.52. The van der Waals surface area contributed by atoms with Crippen molar-refractivity contribution in [2.45, 2.75) is 32.1 Å². The van der Waals surface area contributed by atoms with Crippen LogP contribution in [-0.2, 0) is 12.7 Å². The number of rotatable bonds is 4. The van der Waals surface area contributed by atoms with Crippen molar-refractivity contribution in [3.8, 4) is 0 Å². The second-order valence-electron chi connectivity index (χ2n) is 4.96. The van der Waals surface area contributed by atoms with Gasteiger partial charge in [0.2, 0.25) is 0 Å². The molecule has 18 heavy (non-hydrogen) atoms. The Labute approximate surface area is 114 Å².